The van der Waals surface area contributed by atoms with Crippen molar-refractivity contribution in [1.29, 1.82) is 0 Å². The number of ketones is 1. The zero-order chi connectivity index (χ0) is 8.15. The second-order valence-electron chi connectivity index (χ2n) is 2.65. The molecule has 0 aromatic rings. The maximum Gasteiger partial charge on any atom is 0.148 e. The Labute approximate surface area is 62.4 Å². The van der Waals surface area contributed by atoms with Gasteiger partial charge in [-0.3, -0.25) is 9.69 Å². The molecule has 0 fully saturated rings. The van der Waals surface area contributed by atoms with Gasteiger partial charge in [-0.05, 0) is 28.1 Å². The van der Waals surface area contributed by atoms with E-state index in [1.807, 2.05) is 26.0 Å². The lowest BCUT2D eigenvalue weighted by Gasteiger charge is -2.20. The molecule has 1 unspecified atom stereocenters. The molecule has 3 nitrogen and oxygen atoms in total. The third-order valence-corrected chi connectivity index (χ3v) is 1.49. The summed E-state index contributed by atoms with van der Waals surface area (Å²) in [4.78, 5) is 12.8. The number of hydrogen-bond donors (Lipinski definition) is 1. The Kier molecular flexibility index (Phi) is 4.23. The monoisotopic (exact) mass is 144 g/mol. The Morgan fingerprint density at radius 3 is 2.20 bits per heavy atom. The Hall–Kier alpha value is -0.410. The van der Waals surface area contributed by atoms with Crippen molar-refractivity contribution in [2.75, 3.05) is 27.7 Å². The van der Waals surface area contributed by atoms with E-state index in [4.69, 9.17) is 0 Å². The van der Waals surface area contributed by atoms with Crippen molar-refractivity contribution >= 4 is 5.78 Å². The van der Waals surface area contributed by atoms with Crippen LogP contribution in [0.15, 0.2) is 0 Å². The van der Waals surface area contributed by atoms with Crippen LogP contribution in [0, 0.1) is 0 Å². The van der Waals surface area contributed by atoms with Gasteiger partial charge in [0.1, 0.15) is 5.78 Å². The average molecular weight is 144 g/mol. The fourth-order valence-corrected chi connectivity index (χ4v) is 0.883. The van der Waals surface area contributed by atoms with E-state index >= 15 is 0 Å². The lowest BCUT2D eigenvalue weighted by Crippen LogP contribution is -2.41. The number of nitrogens with one attached hydrogen (secondary N) is 1. The minimum Gasteiger partial charge on any atom is -0.318 e. The summed E-state index contributed by atoms with van der Waals surface area (Å²) < 4.78 is 0. The number of nitrogens with zero attached hydrogens (tertiary/aromatic N) is 1. The van der Waals surface area contributed by atoms with Crippen LogP contribution in [0.3, 0.4) is 0 Å². The molecule has 0 amide bonds. The molecule has 1 N–H and O–H groups in total. The first-order chi connectivity index (χ1) is 4.59. The van der Waals surface area contributed by atoms with Crippen LogP contribution in [0.5, 0.6) is 0 Å². The topological polar surface area (TPSA) is 32.3 Å². The molecule has 0 spiro atoms. The van der Waals surface area contributed by atoms with Gasteiger partial charge in [0, 0.05) is 6.54 Å². The minimum absolute atomic E-state index is 0.0185. The summed E-state index contributed by atoms with van der Waals surface area (Å²) in [5.41, 5.74) is 0. The van der Waals surface area contributed by atoms with Crippen molar-refractivity contribution in [2.24, 2.45) is 0 Å². The molecular weight excluding hydrogens is 128 g/mol. The largest absolute Gasteiger partial charge is 0.318 e. The highest BCUT2D eigenvalue weighted by Crippen LogP contribution is 1.91. The summed E-state index contributed by atoms with van der Waals surface area (Å²) in [6.45, 7) is 2.34. The van der Waals surface area contributed by atoms with Crippen molar-refractivity contribution in [2.45, 2.75) is 13.0 Å². The van der Waals surface area contributed by atoms with E-state index in [-0.39, 0.29) is 11.8 Å². The molecule has 0 saturated carbocycles. The highest BCUT2D eigenvalue weighted by molar-refractivity contribution is 5.81. The standard InChI is InChI=1S/C7H16N2O/c1-6(10)7(5-8-2)9(3)4/h7-8H,5H2,1-4H3. The highest BCUT2D eigenvalue weighted by atomic mass is 16.1. The Morgan fingerprint density at radius 2 is 2.10 bits per heavy atom. The molecule has 0 aliphatic carbocycles. The maximum atomic E-state index is 10.9. The number of hydrogen-bond acceptors (Lipinski definition) is 3. The zero-order valence-corrected chi connectivity index (χ0v) is 7.14. The summed E-state index contributed by atoms with van der Waals surface area (Å²) >= 11 is 0. The molecule has 0 aromatic carbocycles. The van der Waals surface area contributed by atoms with Crippen molar-refractivity contribution in [1.82, 2.24) is 10.2 Å². The minimum atomic E-state index is 0.0185. The van der Waals surface area contributed by atoms with E-state index in [0.29, 0.717) is 0 Å². The first-order valence-electron chi connectivity index (χ1n) is 3.41. The molecule has 1 atom stereocenters. The molecule has 0 saturated heterocycles. The second-order valence-corrected chi connectivity index (χ2v) is 2.65. The van der Waals surface area contributed by atoms with Crippen molar-refractivity contribution < 1.29 is 4.79 Å². The van der Waals surface area contributed by atoms with E-state index in [1.165, 1.54) is 0 Å². The van der Waals surface area contributed by atoms with Crippen LogP contribution < -0.4 is 5.32 Å². The SMILES string of the molecule is CNCC(C(C)=O)N(C)C. The van der Waals surface area contributed by atoms with Gasteiger partial charge in [-0.25, -0.2) is 0 Å². The van der Waals surface area contributed by atoms with Crippen molar-refractivity contribution in [3.63, 3.8) is 0 Å². The number of likely N-dealkylation sites (N-methyl/N-ethyl adjacent to an activating group) is 2. The first-order valence-corrected chi connectivity index (χ1v) is 3.41. The van der Waals surface area contributed by atoms with Crippen LogP contribution in [0.25, 0.3) is 0 Å². The fraction of sp³-hybridized carbons (Fsp3) is 0.857. The quantitative estimate of drug-likeness (QED) is 0.589. The number of carbonyl (C=O) groups is 1. The Balaban J connectivity index is 3.85. The lowest BCUT2D eigenvalue weighted by atomic mass is 10.2. The molecule has 0 rings (SSSR count). The highest BCUT2D eigenvalue weighted by Gasteiger charge is 2.14. The van der Waals surface area contributed by atoms with E-state index in [0.717, 1.165) is 6.54 Å². The predicted octanol–water partition coefficient (Wildman–Crippen LogP) is -0.275. The van der Waals surface area contributed by atoms with Gasteiger partial charge in [0.25, 0.3) is 0 Å². The molecule has 3 heteroatoms. The van der Waals surface area contributed by atoms with E-state index < -0.39 is 0 Å². The summed E-state index contributed by atoms with van der Waals surface area (Å²) in [6.07, 6.45) is 0. The van der Waals surface area contributed by atoms with E-state index in [2.05, 4.69) is 5.32 Å². The van der Waals surface area contributed by atoms with Crippen LogP contribution in [-0.4, -0.2) is 44.4 Å². The summed E-state index contributed by atoms with van der Waals surface area (Å²) in [5.74, 6) is 0.208. The van der Waals surface area contributed by atoms with Gasteiger partial charge < -0.3 is 5.32 Å². The predicted molar refractivity (Wildman–Crippen MR) is 42.1 cm³/mol. The molecule has 0 heterocycles. The lowest BCUT2D eigenvalue weighted by molar-refractivity contribution is -0.121. The van der Waals surface area contributed by atoms with Crippen molar-refractivity contribution in [3.05, 3.63) is 0 Å². The van der Waals surface area contributed by atoms with E-state index in [9.17, 15) is 4.79 Å². The third-order valence-electron chi connectivity index (χ3n) is 1.49. The summed E-state index contributed by atoms with van der Waals surface area (Å²) in [6, 6.07) is 0.0185. The number of rotatable bonds is 4. The molecule has 0 aliphatic rings. The third kappa shape index (κ3) is 2.94. The van der Waals surface area contributed by atoms with E-state index in [1.54, 1.807) is 6.92 Å². The molecule has 0 aromatic heterocycles. The van der Waals surface area contributed by atoms with Gasteiger partial charge in [-0.15, -0.1) is 0 Å². The van der Waals surface area contributed by atoms with Gasteiger partial charge in [0.05, 0.1) is 6.04 Å². The second kappa shape index (κ2) is 4.41. The van der Waals surface area contributed by atoms with Gasteiger partial charge in [-0.2, -0.15) is 0 Å². The van der Waals surface area contributed by atoms with Crippen LogP contribution in [0.4, 0.5) is 0 Å². The molecular formula is C7H16N2O. The Morgan fingerprint density at radius 1 is 1.60 bits per heavy atom. The Bertz CT molecular complexity index is 112. The first kappa shape index (κ1) is 9.59. The molecule has 60 valence electrons. The van der Waals surface area contributed by atoms with Crippen LogP contribution >= 0.6 is 0 Å². The van der Waals surface area contributed by atoms with Gasteiger partial charge in [0.2, 0.25) is 0 Å². The smallest absolute Gasteiger partial charge is 0.148 e. The number of carbonyl (C=O) groups excluding carboxylic acids is 1. The normalized spacial score (nSPS) is 13.7. The summed E-state index contributed by atoms with van der Waals surface area (Å²) in [7, 11) is 5.66. The maximum absolute atomic E-state index is 10.9. The molecule has 0 bridgehead atoms. The zero-order valence-electron chi connectivity index (χ0n) is 7.14. The van der Waals surface area contributed by atoms with Crippen LogP contribution in [0.1, 0.15) is 6.92 Å². The molecule has 10 heavy (non-hydrogen) atoms. The van der Waals surface area contributed by atoms with Gasteiger partial charge in [0.15, 0.2) is 0 Å². The number of Topliss-reactive ketones (excluding diaryl/α,β-unsaturated/α-hetero) is 1. The van der Waals surface area contributed by atoms with Gasteiger partial charge in [-0.1, -0.05) is 0 Å². The van der Waals surface area contributed by atoms with Crippen LogP contribution in [0.2, 0.25) is 0 Å². The fourth-order valence-electron chi connectivity index (χ4n) is 0.883. The van der Waals surface area contributed by atoms with Crippen LogP contribution in [-0.2, 0) is 4.79 Å². The van der Waals surface area contributed by atoms with Crippen molar-refractivity contribution in [3.8, 4) is 0 Å². The van der Waals surface area contributed by atoms with Gasteiger partial charge >= 0.3 is 0 Å². The molecule has 0 radical (unpaired) electrons. The summed E-state index contributed by atoms with van der Waals surface area (Å²) in [5, 5.41) is 2.97. The average Bonchev–Trinajstić information content (AvgIpc) is 1.81. The molecule has 0 aliphatic heterocycles.